The Kier molecular flexibility index (Phi) is 14.4. The maximum atomic E-state index is 5.85. The molecule has 5 heteroatoms. The highest BCUT2D eigenvalue weighted by Crippen LogP contribution is 2.48. The predicted molar refractivity (Wildman–Crippen MR) is 375 cm³/mol. The van der Waals surface area contributed by atoms with Crippen LogP contribution in [0.4, 0.5) is 34.1 Å². The molecule has 0 saturated carbocycles. The van der Waals surface area contributed by atoms with Crippen molar-refractivity contribution >= 4 is 57.2 Å². The van der Waals surface area contributed by atoms with Crippen LogP contribution >= 0.6 is 0 Å². The highest BCUT2D eigenvalue weighted by Gasteiger charge is 2.44. The largest absolute Gasteiger partial charge is 0.311 e. The summed E-state index contributed by atoms with van der Waals surface area (Å²) < 4.78 is 0. The molecular weight excluding hydrogens is 1050 g/mol. The number of hydrogen-bond donors (Lipinski definition) is 0. The minimum atomic E-state index is -0.139. The van der Waals surface area contributed by atoms with Crippen molar-refractivity contribution < 1.29 is 0 Å². The van der Waals surface area contributed by atoms with Crippen LogP contribution < -0.4 is 26.2 Å². The van der Waals surface area contributed by atoms with Crippen molar-refractivity contribution in [2.75, 3.05) is 9.80 Å². The second kappa shape index (κ2) is 21.3. The molecule has 10 aromatic rings. The van der Waals surface area contributed by atoms with Gasteiger partial charge in [0.1, 0.15) is 0 Å². The summed E-state index contributed by atoms with van der Waals surface area (Å²) >= 11 is 0. The zero-order chi connectivity index (χ0) is 61.9. The van der Waals surface area contributed by atoms with Crippen LogP contribution in [0.3, 0.4) is 0 Å². The molecule has 0 spiro atoms. The third kappa shape index (κ3) is 11.4. The first-order chi connectivity index (χ1) is 40.9. The van der Waals surface area contributed by atoms with E-state index in [1.165, 1.54) is 72.0 Å². The van der Waals surface area contributed by atoms with Crippen molar-refractivity contribution in [3.8, 4) is 56.2 Å². The lowest BCUT2D eigenvalue weighted by atomic mass is 9.33. The van der Waals surface area contributed by atoms with E-state index >= 15 is 0 Å². The highest BCUT2D eigenvalue weighted by molar-refractivity contribution is 7.00. The van der Waals surface area contributed by atoms with E-state index in [0.717, 1.165) is 62.2 Å². The third-order valence-corrected chi connectivity index (χ3v) is 18.2. The van der Waals surface area contributed by atoms with Crippen LogP contribution in [0.5, 0.6) is 0 Å². The van der Waals surface area contributed by atoms with Gasteiger partial charge in [-0.25, -0.2) is 9.97 Å². The highest BCUT2D eigenvalue weighted by atomic mass is 15.2. The third-order valence-electron chi connectivity index (χ3n) is 18.2. The van der Waals surface area contributed by atoms with Crippen LogP contribution in [0, 0.1) is 0 Å². The van der Waals surface area contributed by atoms with Crippen LogP contribution in [-0.2, 0) is 32.5 Å². The average Bonchev–Trinajstić information content (AvgIpc) is 0.828. The molecule has 438 valence electrons. The molecule has 0 unspecified atom stereocenters. The summed E-state index contributed by atoms with van der Waals surface area (Å²) in [7, 11) is 0. The number of hydrogen-bond acceptors (Lipinski definition) is 4. The Morgan fingerprint density at radius 2 is 0.598 bits per heavy atom. The number of rotatable bonds is 7. The van der Waals surface area contributed by atoms with E-state index in [0.29, 0.717) is 5.82 Å². The first kappa shape index (κ1) is 59.1. The molecule has 0 radical (unpaired) electrons. The maximum absolute atomic E-state index is 5.85. The maximum Gasteiger partial charge on any atom is 0.252 e. The van der Waals surface area contributed by atoms with E-state index in [1.807, 2.05) is 0 Å². The Labute approximate surface area is 520 Å². The number of nitrogens with zero attached hydrogens (tertiary/aromatic N) is 4. The molecule has 2 aliphatic rings. The second-order valence-corrected chi connectivity index (χ2v) is 31.0. The van der Waals surface area contributed by atoms with Crippen LogP contribution in [0.2, 0.25) is 0 Å². The van der Waals surface area contributed by atoms with E-state index < -0.39 is 0 Å². The molecule has 0 amide bonds. The number of anilines is 6. The van der Waals surface area contributed by atoms with Gasteiger partial charge in [0.05, 0.1) is 11.4 Å². The lowest BCUT2D eigenvalue weighted by Gasteiger charge is -2.44. The van der Waals surface area contributed by atoms with Gasteiger partial charge < -0.3 is 9.80 Å². The molecule has 3 heterocycles. The van der Waals surface area contributed by atoms with Gasteiger partial charge in [-0.15, -0.1) is 0 Å². The fourth-order valence-electron chi connectivity index (χ4n) is 12.7. The molecule has 2 aliphatic heterocycles. The molecule has 87 heavy (non-hydrogen) atoms. The summed E-state index contributed by atoms with van der Waals surface area (Å²) in [6.07, 6.45) is 0. The van der Waals surface area contributed by atoms with Crippen LogP contribution in [0.1, 0.15) is 158 Å². The topological polar surface area (TPSA) is 32.3 Å². The van der Waals surface area contributed by atoms with Crippen molar-refractivity contribution in [1.29, 1.82) is 0 Å². The Morgan fingerprint density at radius 3 is 0.943 bits per heavy atom. The minimum absolute atomic E-state index is 0.0289. The normalized spacial score (nSPS) is 13.6. The summed E-state index contributed by atoms with van der Waals surface area (Å²) in [4.78, 5) is 16.7. The van der Waals surface area contributed by atoms with Gasteiger partial charge in [-0.05, 0) is 183 Å². The Morgan fingerprint density at radius 1 is 0.264 bits per heavy atom. The molecule has 0 aliphatic carbocycles. The smallest absolute Gasteiger partial charge is 0.252 e. The minimum Gasteiger partial charge on any atom is -0.311 e. The lowest BCUT2D eigenvalue weighted by Crippen LogP contribution is -2.61. The van der Waals surface area contributed by atoms with Gasteiger partial charge in [0.2, 0.25) is 0 Å². The molecule has 9 aromatic carbocycles. The quantitative estimate of drug-likeness (QED) is 0.149. The first-order valence-corrected chi connectivity index (χ1v) is 31.5. The number of benzene rings is 9. The molecule has 0 N–H and O–H groups in total. The van der Waals surface area contributed by atoms with Gasteiger partial charge in [0, 0.05) is 50.8 Å². The molecule has 4 nitrogen and oxygen atoms in total. The molecule has 12 rings (SSSR count). The van der Waals surface area contributed by atoms with E-state index in [2.05, 4.69) is 335 Å². The fourth-order valence-corrected chi connectivity index (χ4v) is 12.7. The van der Waals surface area contributed by atoms with Crippen molar-refractivity contribution in [3.05, 3.63) is 234 Å². The van der Waals surface area contributed by atoms with Gasteiger partial charge in [0.15, 0.2) is 5.82 Å². The van der Waals surface area contributed by atoms with Gasteiger partial charge in [-0.1, -0.05) is 246 Å². The second-order valence-electron chi connectivity index (χ2n) is 31.0. The van der Waals surface area contributed by atoms with Crippen molar-refractivity contribution in [3.63, 3.8) is 0 Å². The summed E-state index contributed by atoms with van der Waals surface area (Å²) in [6.45, 7) is 41.4. The van der Waals surface area contributed by atoms with Crippen LogP contribution in [0.25, 0.3) is 56.2 Å². The number of aromatic nitrogens is 2. The van der Waals surface area contributed by atoms with E-state index in [9.17, 15) is 0 Å². The number of fused-ring (bicyclic) bond motifs is 4. The molecule has 0 atom stereocenters. The summed E-state index contributed by atoms with van der Waals surface area (Å²) in [5.41, 5.74) is 27.4. The van der Waals surface area contributed by atoms with Crippen molar-refractivity contribution in [2.24, 2.45) is 0 Å². The lowest BCUT2D eigenvalue weighted by molar-refractivity contribution is 0.568. The standard InChI is InChI=1S/C82H87BN4/c1-77(2,3)59-31-35-65(36-32-59)86-71-39-29-54(52-25-21-19-22-26-52)45-67(71)83-68-46-55(53-27-23-20-24-28-53)30-40-72(68)87(66-37-33-60(34-38-66)78(4,5)6)74-48-57(47-73(86)75(74)83)70-51-69(56-41-61(79(7,8)9)49-62(42-56)80(10,11)12)84-76(85-70)58-43-63(81(13,14)15)50-64(44-58)82(16,17)18/h19-51H,1-18H3. The Hall–Kier alpha value is -8.28. The molecule has 1 aromatic heterocycles. The van der Waals surface area contributed by atoms with E-state index in [4.69, 9.17) is 9.97 Å². The molecular formula is C82H87BN4. The van der Waals surface area contributed by atoms with Gasteiger partial charge in [-0.3, -0.25) is 0 Å². The zero-order valence-electron chi connectivity index (χ0n) is 54.9. The van der Waals surface area contributed by atoms with Crippen LogP contribution in [-0.4, -0.2) is 16.7 Å². The van der Waals surface area contributed by atoms with Crippen LogP contribution in [0.15, 0.2) is 200 Å². The Bertz CT molecular complexity index is 3910. The Balaban J connectivity index is 1.22. The summed E-state index contributed by atoms with van der Waals surface area (Å²) in [5.74, 6) is 0.712. The summed E-state index contributed by atoms with van der Waals surface area (Å²) in [6, 6.07) is 76.3. The summed E-state index contributed by atoms with van der Waals surface area (Å²) in [5, 5.41) is 0. The SMILES string of the molecule is CC(C)(C)c1ccc(N2c3ccc(-c4ccccc4)cc3B3c4cc(-c5ccccc5)ccc4N(c4ccc(C(C)(C)C)cc4)c4cc(-c5cc(-c6cc(C(C)(C)C)cc(C(C)(C)C)c6)nc(-c6cc(C(C)(C)C)cc(C(C)(C)C)c6)n5)cc2c43)cc1. The van der Waals surface area contributed by atoms with Gasteiger partial charge in [0.25, 0.3) is 6.71 Å². The van der Waals surface area contributed by atoms with Crippen molar-refractivity contribution in [2.45, 2.75) is 157 Å². The molecule has 0 bridgehead atoms. The molecule has 0 saturated heterocycles. The van der Waals surface area contributed by atoms with Crippen molar-refractivity contribution in [1.82, 2.24) is 9.97 Å². The fraction of sp³-hybridized carbons (Fsp3) is 0.293. The van der Waals surface area contributed by atoms with Gasteiger partial charge in [-0.2, -0.15) is 0 Å². The van der Waals surface area contributed by atoms with Gasteiger partial charge >= 0.3 is 0 Å². The average molecular weight is 1140 g/mol. The molecule has 0 fully saturated rings. The van der Waals surface area contributed by atoms with E-state index in [-0.39, 0.29) is 39.2 Å². The zero-order valence-corrected chi connectivity index (χ0v) is 54.9. The first-order valence-electron chi connectivity index (χ1n) is 31.5. The monoisotopic (exact) mass is 1140 g/mol. The van der Waals surface area contributed by atoms with E-state index in [1.54, 1.807) is 0 Å². The predicted octanol–water partition coefficient (Wildman–Crippen LogP) is 20.7.